The smallest absolute Gasteiger partial charge is 0.259 e. The Bertz CT molecular complexity index is 819. The van der Waals surface area contributed by atoms with Gasteiger partial charge in [-0.05, 0) is 32.9 Å². The van der Waals surface area contributed by atoms with E-state index in [-0.39, 0.29) is 21.5 Å². The number of carbonyl (C=O) groups is 1. The van der Waals surface area contributed by atoms with E-state index < -0.39 is 17.8 Å². The summed E-state index contributed by atoms with van der Waals surface area (Å²) >= 11 is 5.71. The van der Waals surface area contributed by atoms with Gasteiger partial charge in [-0.2, -0.15) is 5.10 Å². The third-order valence-electron chi connectivity index (χ3n) is 3.87. The van der Waals surface area contributed by atoms with E-state index in [0.29, 0.717) is 5.82 Å². The molecule has 0 aliphatic rings. The first kappa shape index (κ1) is 20.4. The number of amides is 1. The van der Waals surface area contributed by atoms with Crippen molar-refractivity contribution in [3.63, 3.8) is 0 Å². The van der Waals surface area contributed by atoms with Crippen molar-refractivity contribution < 1.29 is 14.3 Å². The van der Waals surface area contributed by atoms with E-state index in [1.54, 1.807) is 10.7 Å². The van der Waals surface area contributed by atoms with Crippen molar-refractivity contribution in [2.24, 2.45) is 0 Å². The number of aliphatic hydroxyl groups is 1. The second-order valence-electron chi connectivity index (χ2n) is 8.31. The summed E-state index contributed by atoms with van der Waals surface area (Å²) in [5.41, 5.74) is 0.0686. The molecule has 1 heterocycles. The van der Waals surface area contributed by atoms with E-state index in [0.717, 1.165) is 11.8 Å². The molecule has 1 aromatic heterocycles. The van der Waals surface area contributed by atoms with Crippen LogP contribution in [0.1, 0.15) is 58.9 Å². The summed E-state index contributed by atoms with van der Waals surface area (Å²) < 4.78 is 15.7. The van der Waals surface area contributed by atoms with Crippen LogP contribution in [0.25, 0.3) is 0 Å². The number of halogens is 2. The third kappa shape index (κ3) is 4.43. The summed E-state index contributed by atoms with van der Waals surface area (Å²) in [5, 5.41) is 17.7. The lowest BCUT2D eigenvalue weighted by Crippen LogP contribution is -2.29. The van der Waals surface area contributed by atoms with Crippen LogP contribution in [0.3, 0.4) is 0 Å². The first-order valence-electron chi connectivity index (χ1n) is 8.35. The highest BCUT2D eigenvalue weighted by Gasteiger charge is 2.28. The fraction of sp³-hybridized carbons (Fsp3) is 0.474. The Balaban J connectivity index is 2.34. The molecule has 2 N–H and O–H groups in total. The summed E-state index contributed by atoms with van der Waals surface area (Å²) in [5.74, 6) is -1.03. The highest BCUT2D eigenvalue weighted by molar-refractivity contribution is 6.30. The van der Waals surface area contributed by atoms with Crippen LogP contribution in [-0.4, -0.2) is 20.8 Å². The van der Waals surface area contributed by atoms with Gasteiger partial charge >= 0.3 is 0 Å². The van der Waals surface area contributed by atoms with Crippen molar-refractivity contribution in [1.82, 2.24) is 9.78 Å². The number of anilines is 1. The van der Waals surface area contributed by atoms with Crippen molar-refractivity contribution in [3.05, 3.63) is 46.4 Å². The fourth-order valence-electron chi connectivity index (χ4n) is 2.41. The van der Waals surface area contributed by atoms with Gasteiger partial charge in [0.1, 0.15) is 11.6 Å². The zero-order valence-corrected chi connectivity index (χ0v) is 16.6. The number of rotatable bonds is 3. The third-order valence-corrected chi connectivity index (χ3v) is 4.10. The summed E-state index contributed by atoms with van der Waals surface area (Å²) in [6.07, 6.45) is -1.66. The molecule has 0 radical (unpaired) electrons. The predicted molar refractivity (Wildman–Crippen MR) is 101 cm³/mol. The molecule has 0 spiro atoms. The van der Waals surface area contributed by atoms with Crippen LogP contribution in [0.2, 0.25) is 5.02 Å². The highest BCUT2D eigenvalue weighted by atomic mass is 35.5. The van der Waals surface area contributed by atoms with Crippen LogP contribution in [0.15, 0.2) is 24.3 Å². The molecule has 0 saturated carbocycles. The van der Waals surface area contributed by atoms with Crippen molar-refractivity contribution in [2.75, 3.05) is 5.32 Å². The van der Waals surface area contributed by atoms with Gasteiger partial charge in [-0.25, -0.2) is 9.07 Å². The molecule has 2 rings (SSSR count). The number of hydrogen-bond acceptors (Lipinski definition) is 3. The van der Waals surface area contributed by atoms with Gasteiger partial charge in [0, 0.05) is 22.1 Å². The molecular formula is C19H25ClFN3O2. The average Bonchev–Trinajstić information content (AvgIpc) is 2.90. The largest absolute Gasteiger partial charge is 0.378 e. The maximum Gasteiger partial charge on any atom is 0.259 e. The maximum atomic E-state index is 14.0. The van der Waals surface area contributed by atoms with Gasteiger partial charge < -0.3 is 10.4 Å². The number of aromatic nitrogens is 2. The molecule has 1 amide bonds. The minimum Gasteiger partial charge on any atom is -0.378 e. The van der Waals surface area contributed by atoms with E-state index in [4.69, 9.17) is 11.6 Å². The molecule has 0 saturated heterocycles. The lowest BCUT2D eigenvalue weighted by Gasteiger charge is -2.23. The van der Waals surface area contributed by atoms with E-state index in [1.165, 1.54) is 12.1 Å². The van der Waals surface area contributed by atoms with Gasteiger partial charge in [-0.1, -0.05) is 38.4 Å². The van der Waals surface area contributed by atoms with Gasteiger partial charge in [-0.15, -0.1) is 0 Å². The SMILES string of the molecule is CC(C)(C)c1cc(NC(=O)C(O)c2ccc(Cl)cc2F)n(C(C)(C)C)n1. The second-order valence-corrected chi connectivity index (χ2v) is 8.74. The molecule has 0 bridgehead atoms. The molecule has 1 aromatic carbocycles. The normalized spacial score (nSPS) is 13.6. The lowest BCUT2D eigenvalue weighted by atomic mass is 9.92. The van der Waals surface area contributed by atoms with Crippen molar-refractivity contribution in [3.8, 4) is 0 Å². The summed E-state index contributed by atoms with van der Waals surface area (Å²) in [6, 6.07) is 5.55. The Labute approximate surface area is 158 Å². The predicted octanol–water partition coefficient (Wildman–Crippen LogP) is 4.40. The van der Waals surface area contributed by atoms with E-state index in [9.17, 15) is 14.3 Å². The van der Waals surface area contributed by atoms with Gasteiger partial charge in [0.2, 0.25) is 0 Å². The van der Waals surface area contributed by atoms with Crippen molar-refractivity contribution in [2.45, 2.75) is 58.6 Å². The van der Waals surface area contributed by atoms with Crippen LogP contribution in [0.4, 0.5) is 10.2 Å². The second kappa shape index (κ2) is 7.00. The molecule has 0 fully saturated rings. The van der Waals surface area contributed by atoms with Crippen LogP contribution < -0.4 is 5.32 Å². The van der Waals surface area contributed by atoms with Gasteiger partial charge in [0.05, 0.1) is 11.2 Å². The van der Waals surface area contributed by atoms with Crippen LogP contribution in [-0.2, 0) is 15.7 Å². The Morgan fingerprint density at radius 3 is 2.35 bits per heavy atom. The average molecular weight is 382 g/mol. The number of nitrogens with one attached hydrogen (secondary N) is 1. The van der Waals surface area contributed by atoms with Gasteiger partial charge in [0.15, 0.2) is 6.10 Å². The van der Waals surface area contributed by atoms with Crippen molar-refractivity contribution in [1.29, 1.82) is 0 Å². The molecule has 1 atom stereocenters. The number of aliphatic hydroxyl groups excluding tert-OH is 1. The Morgan fingerprint density at radius 1 is 1.23 bits per heavy atom. The number of benzene rings is 1. The van der Waals surface area contributed by atoms with Gasteiger partial charge in [0.25, 0.3) is 5.91 Å². The molecule has 7 heteroatoms. The van der Waals surface area contributed by atoms with Crippen LogP contribution in [0, 0.1) is 5.82 Å². The van der Waals surface area contributed by atoms with Gasteiger partial charge in [-0.3, -0.25) is 4.79 Å². The molecule has 142 valence electrons. The molecule has 1 unspecified atom stereocenters. The van der Waals surface area contributed by atoms with E-state index >= 15 is 0 Å². The lowest BCUT2D eigenvalue weighted by molar-refractivity contribution is -0.124. The molecular weight excluding hydrogens is 357 g/mol. The fourth-order valence-corrected chi connectivity index (χ4v) is 2.57. The summed E-state index contributed by atoms with van der Waals surface area (Å²) in [4.78, 5) is 12.5. The quantitative estimate of drug-likeness (QED) is 0.828. The van der Waals surface area contributed by atoms with Crippen LogP contribution >= 0.6 is 11.6 Å². The number of hydrogen-bond donors (Lipinski definition) is 2. The number of nitrogens with zero attached hydrogens (tertiary/aromatic N) is 2. The zero-order chi connectivity index (χ0) is 19.9. The van der Waals surface area contributed by atoms with Crippen molar-refractivity contribution >= 4 is 23.3 Å². The molecule has 5 nitrogen and oxygen atoms in total. The van der Waals surface area contributed by atoms with E-state index in [2.05, 4.69) is 10.4 Å². The molecule has 26 heavy (non-hydrogen) atoms. The Kier molecular flexibility index (Phi) is 5.49. The number of carbonyl (C=O) groups excluding carboxylic acids is 1. The minimum absolute atomic E-state index is 0.134. The first-order chi connectivity index (χ1) is 11.8. The highest BCUT2D eigenvalue weighted by Crippen LogP contribution is 2.29. The maximum absolute atomic E-state index is 14.0. The first-order valence-corrected chi connectivity index (χ1v) is 8.73. The molecule has 0 aliphatic carbocycles. The summed E-state index contributed by atoms with van der Waals surface area (Å²) in [7, 11) is 0. The standard InChI is InChI=1S/C19H25ClFN3O2/c1-18(2,3)14-10-15(24(23-14)19(4,5)6)22-17(26)16(25)12-8-7-11(20)9-13(12)21/h7-10,16,25H,1-6H3,(H,22,26). The zero-order valence-electron chi connectivity index (χ0n) is 15.9. The topological polar surface area (TPSA) is 67.2 Å². The molecule has 2 aromatic rings. The van der Waals surface area contributed by atoms with Crippen LogP contribution in [0.5, 0.6) is 0 Å². The summed E-state index contributed by atoms with van der Waals surface area (Å²) in [6.45, 7) is 11.9. The minimum atomic E-state index is -1.66. The Morgan fingerprint density at radius 2 is 1.85 bits per heavy atom. The Hall–Kier alpha value is -1.92. The van der Waals surface area contributed by atoms with E-state index in [1.807, 2.05) is 41.5 Å². The monoisotopic (exact) mass is 381 g/mol. The molecule has 0 aliphatic heterocycles.